The van der Waals surface area contributed by atoms with Crippen LogP contribution in [0.15, 0.2) is 36.4 Å². The van der Waals surface area contributed by atoms with Crippen molar-refractivity contribution in [3.8, 4) is 0 Å². The predicted octanol–water partition coefficient (Wildman–Crippen LogP) is 3.65. The highest BCUT2D eigenvalue weighted by molar-refractivity contribution is 6.30. The number of nitrogens with one attached hydrogen (secondary N) is 2. The molecule has 1 amide bonds. The average Bonchev–Trinajstić information content (AvgIpc) is 2.50. The summed E-state index contributed by atoms with van der Waals surface area (Å²) in [6.07, 6.45) is 0.940. The van der Waals surface area contributed by atoms with Gasteiger partial charge >= 0.3 is 0 Å². The molecule has 0 atom stereocenters. The second-order valence-corrected chi connectivity index (χ2v) is 5.81. The second-order valence-electron chi connectivity index (χ2n) is 5.37. The summed E-state index contributed by atoms with van der Waals surface area (Å²) in [6, 6.07) is 10.6. The van der Waals surface area contributed by atoms with Crippen molar-refractivity contribution in [1.29, 1.82) is 0 Å². The number of rotatable bonds is 6. The summed E-state index contributed by atoms with van der Waals surface area (Å²) in [4.78, 5) is 11.9. The van der Waals surface area contributed by atoms with Crippen LogP contribution in [0.1, 0.15) is 30.8 Å². The van der Waals surface area contributed by atoms with Crippen molar-refractivity contribution >= 4 is 29.0 Å². The van der Waals surface area contributed by atoms with E-state index in [1.807, 2.05) is 12.1 Å². The van der Waals surface area contributed by atoms with Gasteiger partial charge in [-0.25, -0.2) is 0 Å². The van der Waals surface area contributed by atoms with Gasteiger partial charge in [0.2, 0.25) is 0 Å². The zero-order valence-corrected chi connectivity index (χ0v) is 13.4. The van der Waals surface area contributed by atoms with E-state index >= 15 is 0 Å². The van der Waals surface area contributed by atoms with E-state index in [2.05, 4.69) is 34.7 Å². The molecule has 116 valence electrons. The highest BCUT2D eigenvalue weighted by Gasteiger charge is 2.08. The zero-order valence-electron chi connectivity index (χ0n) is 12.6. The standard InChI is InChI=1S/C16H19ClN4O/c1-11(2)9-10-18-16(22)14-7-8-15(21-20-14)19-13-5-3-12(17)4-6-13/h3-8,11H,9-10H2,1-2H3,(H,18,22)(H,19,21). The fourth-order valence-electron chi connectivity index (χ4n) is 1.77. The smallest absolute Gasteiger partial charge is 0.271 e. The monoisotopic (exact) mass is 318 g/mol. The molecular formula is C16H19ClN4O. The molecule has 1 aromatic carbocycles. The van der Waals surface area contributed by atoms with E-state index in [9.17, 15) is 4.79 Å². The molecule has 22 heavy (non-hydrogen) atoms. The molecule has 5 nitrogen and oxygen atoms in total. The fourth-order valence-corrected chi connectivity index (χ4v) is 1.89. The fraction of sp³-hybridized carbons (Fsp3) is 0.312. The maximum Gasteiger partial charge on any atom is 0.271 e. The highest BCUT2D eigenvalue weighted by atomic mass is 35.5. The van der Waals surface area contributed by atoms with Crippen LogP contribution in [0.5, 0.6) is 0 Å². The van der Waals surface area contributed by atoms with Gasteiger partial charge in [0.05, 0.1) is 0 Å². The number of amides is 1. The Morgan fingerprint density at radius 3 is 2.45 bits per heavy atom. The number of halogens is 1. The lowest BCUT2D eigenvalue weighted by molar-refractivity contribution is 0.0946. The molecule has 6 heteroatoms. The minimum atomic E-state index is -0.203. The summed E-state index contributed by atoms with van der Waals surface area (Å²) in [6.45, 7) is 4.87. The van der Waals surface area contributed by atoms with E-state index in [0.717, 1.165) is 12.1 Å². The molecule has 0 unspecified atom stereocenters. The van der Waals surface area contributed by atoms with E-state index in [1.54, 1.807) is 24.3 Å². The Morgan fingerprint density at radius 2 is 1.86 bits per heavy atom. The van der Waals surface area contributed by atoms with E-state index in [1.165, 1.54) is 0 Å². The molecule has 0 aliphatic rings. The van der Waals surface area contributed by atoms with Crippen LogP contribution in [0.25, 0.3) is 0 Å². The maximum atomic E-state index is 11.9. The van der Waals surface area contributed by atoms with E-state index in [4.69, 9.17) is 11.6 Å². The van der Waals surface area contributed by atoms with Gasteiger partial charge in [0.25, 0.3) is 5.91 Å². The summed E-state index contributed by atoms with van der Waals surface area (Å²) < 4.78 is 0. The molecule has 0 aliphatic heterocycles. The van der Waals surface area contributed by atoms with Gasteiger partial charge in [-0.05, 0) is 48.7 Å². The molecule has 2 N–H and O–H groups in total. The molecule has 0 fully saturated rings. The number of carbonyl (C=O) groups is 1. The van der Waals surface area contributed by atoms with Crippen molar-refractivity contribution in [3.05, 3.63) is 47.1 Å². The molecule has 0 aliphatic carbocycles. The molecule has 0 bridgehead atoms. The number of nitrogens with zero attached hydrogens (tertiary/aromatic N) is 2. The molecule has 1 heterocycles. The number of hydrogen-bond donors (Lipinski definition) is 2. The molecule has 2 rings (SSSR count). The molecule has 0 saturated heterocycles. The van der Waals surface area contributed by atoms with Crippen LogP contribution in [0.4, 0.5) is 11.5 Å². The van der Waals surface area contributed by atoms with Gasteiger partial charge in [0.15, 0.2) is 11.5 Å². The van der Waals surface area contributed by atoms with E-state index in [0.29, 0.717) is 29.0 Å². The van der Waals surface area contributed by atoms with Crippen LogP contribution >= 0.6 is 11.6 Å². The Morgan fingerprint density at radius 1 is 1.14 bits per heavy atom. The quantitative estimate of drug-likeness (QED) is 0.853. The summed E-state index contributed by atoms with van der Waals surface area (Å²) in [5, 5.41) is 14.5. The first-order chi connectivity index (χ1) is 10.5. The Hall–Kier alpha value is -2.14. The third-order valence-electron chi connectivity index (χ3n) is 3.02. The Bertz CT molecular complexity index is 611. The van der Waals surface area contributed by atoms with Crippen molar-refractivity contribution in [2.75, 3.05) is 11.9 Å². The number of benzene rings is 1. The molecule has 0 spiro atoms. The van der Waals surface area contributed by atoms with Gasteiger partial charge < -0.3 is 10.6 Å². The zero-order chi connectivity index (χ0) is 15.9. The van der Waals surface area contributed by atoms with Crippen LogP contribution in [-0.2, 0) is 0 Å². The Labute approximate surface area is 135 Å². The van der Waals surface area contributed by atoms with Gasteiger partial charge in [0, 0.05) is 17.3 Å². The van der Waals surface area contributed by atoms with Crippen LogP contribution in [-0.4, -0.2) is 22.6 Å². The average molecular weight is 319 g/mol. The SMILES string of the molecule is CC(C)CCNC(=O)c1ccc(Nc2ccc(Cl)cc2)nn1. The molecule has 1 aromatic heterocycles. The van der Waals surface area contributed by atoms with Crippen LogP contribution < -0.4 is 10.6 Å². The lowest BCUT2D eigenvalue weighted by Crippen LogP contribution is -2.26. The topological polar surface area (TPSA) is 66.9 Å². The predicted molar refractivity (Wildman–Crippen MR) is 88.6 cm³/mol. The Kier molecular flexibility index (Phi) is 5.72. The van der Waals surface area contributed by atoms with Gasteiger partial charge in [-0.15, -0.1) is 10.2 Å². The van der Waals surface area contributed by atoms with Gasteiger partial charge in [-0.1, -0.05) is 25.4 Å². The van der Waals surface area contributed by atoms with E-state index in [-0.39, 0.29) is 5.91 Å². The van der Waals surface area contributed by atoms with Gasteiger partial charge in [-0.2, -0.15) is 0 Å². The molecule has 2 aromatic rings. The number of aromatic nitrogens is 2. The molecule has 0 radical (unpaired) electrons. The summed E-state index contributed by atoms with van der Waals surface area (Å²) in [7, 11) is 0. The van der Waals surface area contributed by atoms with Crippen molar-refractivity contribution < 1.29 is 4.79 Å². The number of anilines is 2. The summed E-state index contributed by atoms with van der Waals surface area (Å²) in [5.74, 6) is 0.921. The van der Waals surface area contributed by atoms with Gasteiger partial charge in [0.1, 0.15) is 0 Å². The normalized spacial score (nSPS) is 10.5. The van der Waals surface area contributed by atoms with Crippen LogP contribution in [0.2, 0.25) is 5.02 Å². The third kappa shape index (κ3) is 5.00. The second kappa shape index (κ2) is 7.75. The van der Waals surface area contributed by atoms with Crippen molar-refractivity contribution in [2.45, 2.75) is 20.3 Å². The minimum Gasteiger partial charge on any atom is -0.351 e. The summed E-state index contributed by atoms with van der Waals surface area (Å²) >= 11 is 5.83. The van der Waals surface area contributed by atoms with E-state index < -0.39 is 0 Å². The minimum absolute atomic E-state index is 0.203. The van der Waals surface area contributed by atoms with Crippen molar-refractivity contribution in [2.24, 2.45) is 5.92 Å². The maximum absolute atomic E-state index is 11.9. The van der Waals surface area contributed by atoms with Crippen molar-refractivity contribution in [1.82, 2.24) is 15.5 Å². The third-order valence-corrected chi connectivity index (χ3v) is 3.27. The highest BCUT2D eigenvalue weighted by Crippen LogP contribution is 2.17. The van der Waals surface area contributed by atoms with Crippen molar-refractivity contribution in [3.63, 3.8) is 0 Å². The van der Waals surface area contributed by atoms with Gasteiger partial charge in [-0.3, -0.25) is 4.79 Å². The lowest BCUT2D eigenvalue weighted by atomic mass is 10.1. The Balaban J connectivity index is 1.92. The number of hydrogen-bond acceptors (Lipinski definition) is 4. The number of carbonyl (C=O) groups excluding carboxylic acids is 1. The summed E-state index contributed by atoms with van der Waals surface area (Å²) in [5.41, 5.74) is 1.17. The first-order valence-corrected chi connectivity index (χ1v) is 7.57. The first kappa shape index (κ1) is 16.2. The first-order valence-electron chi connectivity index (χ1n) is 7.19. The van der Waals surface area contributed by atoms with Crippen LogP contribution in [0.3, 0.4) is 0 Å². The largest absolute Gasteiger partial charge is 0.351 e. The molecule has 0 saturated carbocycles. The molecular weight excluding hydrogens is 300 g/mol. The van der Waals surface area contributed by atoms with Crippen LogP contribution in [0, 0.1) is 5.92 Å². The lowest BCUT2D eigenvalue weighted by Gasteiger charge is -2.07.